The van der Waals surface area contributed by atoms with E-state index in [-0.39, 0.29) is 5.91 Å². The molecule has 0 bridgehead atoms. The van der Waals surface area contributed by atoms with Gasteiger partial charge < -0.3 is 14.7 Å². The summed E-state index contributed by atoms with van der Waals surface area (Å²) in [5.41, 5.74) is 2.30. The summed E-state index contributed by atoms with van der Waals surface area (Å²) in [6.45, 7) is 5.15. The van der Waals surface area contributed by atoms with Crippen LogP contribution in [-0.2, 0) is 6.42 Å². The van der Waals surface area contributed by atoms with Gasteiger partial charge in [0.2, 0.25) is 0 Å². The predicted molar refractivity (Wildman–Crippen MR) is 94.5 cm³/mol. The number of anilines is 1. The first-order valence-electron chi connectivity index (χ1n) is 8.79. The summed E-state index contributed by atoms with van der Waals surface area (Å²) in [6.07, 6.45) is 7.58. The molecule has 1 aliphatic heterocycles. The Morgan fingerprint density at radius 2 is 2.12 bits per heavy atom. The number of amides is 1. The Morgan fingerprint density at radius 3 is 2.76 bits per heavy atom. The maximum absolute atomic E-state index is 12.8. The van der Waals surface area contributed by atoms with Crippen LogP contribution in [0.1, 0.15) is 46.8 Å². The van der Waals surface area contributed by atoms with Crippen molar-refractivity contribution in [1.29, 1.82) is 0 Å². The summed E-state index contributed by atoms with van der Waals surface area (Å²) >= 11 is 0. The van der Waals surface area contributed by atoms with E-state index < -0.39 is 0 Å². The van der Waals surface area contributed by atoms with E-state index in [2.05, 4.69) is 20.4 Å². The molecule has 2 aromatic heterocycles. The Morgan fingerprint density at radius 1 is 1.28 bits per heavy atom. The minimum Gasteiger partial charge on any atom is -0.372 e. The summed E-state index contributed by atoms with van der Waals surface area (Å²) in [6, 6.07) is 0. The summed E-state index contributed by atoms with van der Waals surface area (Å²) < 4.78 is 5.14. The molecule has 1 fully saturated rings. The van der Waals surface area contributed by atoms with E-state index in [1.54, 1.807) is 13.1 Å². The molecule has 7 heteroatoms. The molecule has 1 N–H and O–H groups in total. The molecule has 25 heavy (non-hydrogen) atoms. The highest BCUT2D eigenvalue weighted by Crippen LogP contribution is 2.23. The first kappa shape index (κ1) is 17.4. The SMILES string of the molecule is CNc1cnc(C[C@@H]2CCCN(C(=O)c3c(C)noc3C)CC2)cn1. The number of hydrogen-bond donors (Lipinski definition) is 1. The second kappa shape index (κ2) is 7.63. The predicted octanol–water partition coefficient (Wildman–Crippen LogP) is 2.61. The second-order valence-electron chi connectivity index (χ2n) is 6.64. The lowest BCUT2D eigenvalue weighted by molar-refractivity contribution is 0.0757. The van der Waals surface area contributed by atoms with Crippen molar-refractivity contribution < 1.29 is 9.32 Å². The number of likely N-dealkylation sites (tertiary alicyclic amines) is 1. The zero-order valence-electron chi connectivity index (χ0n) is 15.1. The van der Waals surface area contributed by atoms with E-state index in [0.29, 0.717) is 22.9 Å². The van der Waals surface area contributed by atoms with Crippen LogP contribution in [0.2, 0.25) is 0 Å². The third-order valence-corrected chi connectivity index (χ3v) is 4.84. The monoisotopic (exact) mass is 343 g/mol. The molecular formula is C18H25N5O2. The summed E-state index contributed by atoms with van der Waals surface area (Å²) in [5.74, 6) is 1.94. The van der Waals surface area contributed by atoms with Crippen LogP contribution < -0.4 is 5.32 Å². The third-order valence-electron chi connectivity index (χ3n) is 4.84. The molecule has 1 saturated heterocycles. The van der Waals surface area contributed by atoms with Gasteiger partial charge in [-0.3, -0.25) is 9.78 Å². The molecule has 1 amide bonds. The molecule has 0 aromatic carbocycles. The summed E-state index contributed by atoms with van der Waals surface area (Å²) in [5, 5.41) is 6.88. The lowest BCUT2D eigenvalue weighted by Gasteiger charge is -2.20. The fourth-order valence-electron chi connectivity index (χ4n) is 3.40. The molecule has 1 atom stereocenters. The zero-order chi connectivity index (χ0) is 17.8. The van der Waals surface area contributed by atoms with Crippen LogP contribution in [0, 0.1) is 19.8 Å². The van der Waals surface area contributed by atoms with Crippen molar-refractivity contribution in [2.24, 2.45) is 5.92 Å². The third kappa shape index (κ3) is 3.97. The van der Waals surface area contributed by atoms with Gasteiger partial charge in [0.25, 0.3) is 5.91 Å². The van der Waals surface area contributed by atoms with Crippen LogP contribution in [0.15, 0.2) is 16.9 Å². The van der Waals surface area contributed by atoms with Gasteiger partial charge in [0.1, 0.15) is 17.1 Å². The highest BCUT2D eigenvalue weighted by atomic mass is 16.5. The van der Waals surface area contributed by atoms with Crippen LogP contribution in [0.5, 0.6) is 0 Å². The summed E-state index contributed by atoms with van der Waals surface area (Å²) in [4.78, 5) is 23.5. The molecule has 0 unspecified atom stereocenters. The fourth-order valence-corrected chi connectivity index (χ4v) is 3.40. The molecule has 3 heterocycles. The number of carbonyl (C=O) groups excluding carboxylic acids is 1. The van der Waals surface area contributed by atoms with Crippen molar-refractivity contribution in [3.63, 3.8) is 0 Å². The van der Waals surface area contributed by atoms with Gasteiger partial charge in [-0.1, -0.05) is 5.16 Å². The number of rotatable bonds is 4. The Labute approximate surface area is 147 Å². The highest BCUT2D eigenvalue weighted by molar-refractivity contribution is 5.96. The minimum absolute atomic E-state index is 0.0371. The average Bonchev–Trinajstić information content (AvgIpc) is 2.82. The number of aromatic nitrogens is 3. The molecule has 7 nitrogen and oxygen atoms in total. The molecular weight excluding hydrogens is 318 g/mol. The van der Waals surface area contributed by atoms with Crippen LogP contribution in [-0.4, -0.2) is 46.1 Å². The first-order chi connectivity index (χ1) is 12.1. The van der Waals surface area contributed by atoms with Gasteiger partial charge in [0.05, 0.1) is 23.8 Å². The number of hydrogen-bond acceptors (Lipinski definition) is 6. The van der Waals surface area contributed by atoms with Crippen molar-refractivity contribution in [2.75, 3.05) is 25.5 Å². The smallest absolute Gasteiger partial charge is 0.259 e. The number of nitrogens with one attached hydrogen (secondary N) is 1. The van der Waals surface area contributed by atoms with Crippen LogP contribution in [0.3, 0.4) is 0 Å². The lowest BCUT2D eigenvalue weighted by atomic mass is 9.95. The van der Waals surface area contributed by atoms with Crippen molar-refractivity contribution in [2.45, 2.75) is 39.5 Å². The summed E-state index contributed by atoms with van der Waals surface area (Å²) in [7, 11) is 1.83. The van der Waals surface area contributed by atoms with Crippen LogP contribution in [0.25, 0.3) is 0 Å². The van der Waals surface area contributed by atoms with Crippen molar-refractivity contribution in [1.82, 2.24) is 20.0 Å². The quantitative estimate of drug-likeness (QED) is 0.918. The standard InChI is InChI=1S/C18H25N5O2/c1-12-17(13(2)25-22-12)18(24)23-7-4-5-14(6-8-23)9-15-10-21-16(19-3)11-20-15/h10-11,14H,4-9H2,1-3H3,(H,19,21)/t14-/m1/s1. The van der Waals surface area contributed by atoms with Crippen LogP contribution >= 0.6 is 0 Å². The average molecular weight is 343 g/mol. The van der Waals surface area contributed by atoms with E-state index in [1.807, 2.05) is 25.1 Å². The second-order valence-corrected chi connectivity index (χ2v) is 6.64. The fraction of sp³-hybridized carbons (Fsp3) is 0.556. The Hall–Kier alpha value is -2.44. The van der Waals surface area contributed by atoms with Gasteiger partial charge in [0.15, 0.2) is 0 Å². The van der Waals surface area contributed by atoms with Gasteiger partial charge in [0, 0.05) is 20.1 Å². The molecule has 0 aliphatic carbocycles. The molecule has 0 radical (unpaired) electrons. The number of aryl methyl sites for hydroxylation is 2. The van der Waals surface area contributed by atoms with Crippen molar-refractivity contribution >= 4 is 11.7 Å². The normalized spacial score (nSPS) is 18.0. The van der Waals surface area contributed by atoms with Gasteiger partial charge in [-0.25, -0.2) is 4.98 Å². The van der Waals surface area contributed by atoms with Gasteiger partial charge in [-0.15, -0.1) is 0 Å². The molecule has 2 aromatic rings. The maximum atomic E-state index is 12.8. The molecule has 0 saturated carbocycles. The highest BCUT2D eigenvalue weighted by Gasteiger charge is 2.26. The van der Waals surface area contributed by atoms with E-state index in [9.17, 15) is 4.79 Å². The molecule has 3 rings (SSSR count). The number of carbonyl (C=O) groups is 1. The van der Waals surface area contributed by atoms with Gasteiger partial charge >= 0.3 is 0 Å². The van der Waals surface area contributed by atoms with Crippen molar-refractivity contribution in [3.05, 3.63) is 35.1 Å². The maximum Gasteiger partial charge on any atom is 0.259 e. The van der Waals surface area contributed by atoms with Gasteiger partial charge in [-0.2, -0.15) is 0 Å². The zero-order valence-corrected chi connectivity index (χ0v) is 15.1. The Bertz CT molecular complexity index is 706. The minimum atomic E-state index is 0.0371. The Kier molecular flexibility index (Phi) is 5.31. The lowest BCUT2D eigenvalue weighted by Crippen LogP contribution is -2.32. The van der Waals surface area contributed by atoms with E-state index in [4.69, 9.17) is 4.52 Å². The van der Waals surface area contributed by atoms with Crippen LogP contribution in [0.4, 0.5) is 5.82 Å². The largest absolute Gasteiger partial charge is 0.372 e. The molecule has 1 aliphatic rings. The van der Waals surface area contributed by atoms with E-state index in [1.165, 1.54) is 0 Å². The Balaban J connectivity index is 1.61. The molecule has 0 spiro atoms. The van der Waals surface area contributed by atoms with E-state index >= 15 is 0 Å². The molecule has 134 valence electrons. The first-order valence-corrected chi connectivity index (χ1v) is 8.79. The van der Waals surface area contributed by atoms with Gasteiger partial charge in [-0.05, 0) is 45.4 Å². The number of nitrogens with zero attached hydrogens (tertiary/aromatic N) is 4. The van der Waals surface area contributed by atoms with Crippen molar-refractivity contribution in [3.8, 4) is 0 Å². The topological polar surface area (TPSA) is 84.2 Å². The van der Waals surface area contributed by atoms with E-state index in [0.717, 1.165) is 50.3 Å².